The van der Waals surface area contributed by atoms with Crippen molar-refractivity contribution in [2.75, 3.05) is 31.9 Å². The molecule has 0 unspecified atom stereocenters. The van der Waals surface area contributed by atoms with Crippen LogP contribution in [0.25, 0.3) is 11.0 Å². The first-order valence-corrected chi connectivity index (χ1v) is 12.5. The number of nitrogens with zero attached hydrogens (tertiary/aromatic N) is 4. The lowest BCUT2D eigenvalue weighted by Crippen LogP contribution is -2.40. The summed E-state index contributed by atoms with van der Waals surface area (Å²) in [5, 5.41) is 2.98. The van der Waals surface area contributed by atoms with Gasteiger partial charge in [0.15, 0.2) is 0 Å². The number of hydrogen-bond donors (Lipinski definition) is 2. The minimum atomic E-state index is -0.230. The molecule has 8 heteroatoms. The van der Waals surface area contributed by atoms with Gasteiger partial charge >= 0.3 is 0 Å². The maximum atomic E-state index is 13.4. The molecule has 1 amide bonds. The van der Waals surface area contributed by atoms with E-state index in [0.29, 0.717) is 30.3 Å². The van der Waals surface area contributed by atoms with E-state index in [0.717, 1.165) is 61.3 Å². The number of para-hydroxylation sites is 1. The maximum absolute atomic E-state index is 13.4. The summed E-state index contributed by atoms with van der Waals surface area (Å²) in [6, 6.07) is 15.7. The van der Waals surface area contributed by atoms with Gasteiger partial charge in [0.1, 0.15) is 11.6 Å². The summed E-state index contributed by atoms with van der Waals surface area (Å²) in [6.07, 6.45) is 6.68. The fourth-order valence-electron chi connectivity index (χ4n) is 4.92. The van der Waals surface area contributed by atoms with E-state index in [1.807, 2.05) is 36.5 Å². The quantitative estimate of drug-likeness (QED) is 0.369. The predicted molar refractivity (Wildman–Crippen MR) is 139 cm³/mol. The number of nitrogen functional groups attached to an aromatic ring is 1. The van der Waals surface area contributed by atoms with Crippen LogP contribution in [-0.4, -0.2) is 51.5 Å². The van der Waals surface area contributed by atoms with Crippen molar-refractivity contribution in [2.24, 2.45) is 5.92 Å². The molecule has 0 aliphatic carbocycles. The lowest BCUT2D eigenvalue weighted by molar-refractivity contribution is 0.0944. The number of anilines is 1. The number of carbonyl (C=O) groups is 1. The zero-order valence-corrected chi connectivity index (χ0v) is 20.2. The highest BCUT2D eigenvalue weighted by atomic mass is 19.1. The van der Waals surface area contributed by atoms with Gasteiger partial charge in [0, 0.05) is 37.9 Å². The van der Waals surface area contributed by atoms with Crippen LogP contribution in [-0.2, 0) is 13.0 Å². The van der Waals surface area contributed by atoms with Crippen molar-refractivity contribution in [3.63, 3.8) is 0 Å². The lowest BCUT2D eigenvalue weighted by Gasteiger charge is -2.32. The fraction of sp³-hybridized carbons (Fsp3) is 0.321. The number of nitrogens with one attached hydrogen (secondary N) is 1. The number of piperidine rings is 1. The highest BCUT2D eigenvalue weighted by Crippen LogP contribution is 2.25. The number of halogens is 1. The average Bonchev–Trinajstić information content (AvgIpc) is 3.23. The van der Waals surface area contributed by atoms with Crippen molar-refractivity contribution < 1.29 is 9.18 Å². The van der Waals surface area contributed by atoms with E-state index in [4.69, 9.17) is 10.7 Å². The molecule has 1 saturated heterocycles. The number of nitrogens with two attached hydrogens (primary N) is 1. The highest BCUT2D eigenvalue weighted by Gasteiger charge is 2.22. The molecule has 0 saturated carbocycles. The van der Waals surface area contributed by atoms with Crippen molar-refractivity contribution in [3.05, 3.63) is 89.8 Å². The Kier molecular flexibility index (Phi) is 7.23. The van der Waals surface area contributed by atoms with Gasteiger partial charge in [-0.2, -0.15) is 0 Å². The molecule has 3 N–H and O–H groups in total. The monoisotopic (exact) mass is 486 g/mol. The van der Waals surface area contributed by atoms with E-state index in [2.05, 4.69) is 19.8 Å². The maximum Gasteiger partial charge on any atom is 0.253 e. The van der Waals surface area contributed by atoms with Crippen LogP contribution in [0, 0.1) is 11.7 Å². The van der Waals surface area contributed by atoms with Crippen LogP contribution in [0.4, 0.5) is 10.1 Å². The Hall–Kier alpha value is -3.78. The highest BCUT2D eigenvalue weighted by molar-refractivity contribution is 5.99. The molecule has 0 bridgehead atoms. The summed E-state index contributed by atoms with van der Waals surface area (Å²) in [7, 11) is 0. The first kappa shape index (κ1) is 23.9. The van der Waals surface area contributed by atoms with E-state index >= 15 is 0 Å². The van der Waals surface area contributed by atoms with Crippen LogP contribution in [0.15, 0.2) is 67.0 Å². The number of hydrogen-bond acceptors (Lipinski definition) is 5. The number of carbonyl (C=O) groups excluding carboxylic acids is 1. The summed E-state index contributed by atoms with van der Waals surface area (Å²) in [4.78, 5) is 24.0. The molecule has 1 fully saturated rings. The van der Waals surface area contributed by atoms with Crippen molar-refractivity contribution in [3.8, 4) is 0 Å². The second-order valence-corrected chi connectivity index (χ2v) is 9.44. The molecule has 0 radical (unpaired) electrons. The van der Waals surface area contributed by atoms with E-state index < -0.39 is 0 Å². The van der Waals surface area contributed by atoms with Crippen molar-refractivity contribution in [1.29, 1.82) is 0 Å². The van der Waals surface area contributed by atoms with Gasteiger partial charge in [-0.25, -0.2) is 9.37 Å². The molecule has 0 spiro atoms. The number of likely N-dealkylation sites (tertiary alicyclic amines) is 1. The molecule has 4 aromatic rings. The molecule has 3 heterocycles. The minimum absolute atomic E-state index is 0.127. The summed E-state index contributed by atoms with van der Waals surface area (Å²) in [5.74, 6) is 1.23. The third kappa shape index (κ3) is 5.54. The first-order chi connectivity index (χ1) is 17.6. The topological polar surface area (TPSA) is 89.1 Å². The molecule has 0 atom stereocenters. The number of amides is 1. The third-order valence-electron chi connectivity index (χ3n) is 6.98. The van der Waals surface area contributed by atoms with Crippen LogP contribution in [0.1, 0.15) is 34.6 Å². The Labute approximate surface area is 210 Å². The summed E-state index contributed by atoms with van der Waals surface area (Å²) in [6.45, 7) is 4.04. The molecule has 186 valence electrons. The fourth-order valence-corrected chi connectivity index (χ4v) is 4.92. The second-order valence-electron chi connectivity index (χ2n) is 9.44. The van der Waals surface area contributed by atoms with E-state index in [1.54, 1.807) is 18.3 Å². The minimum Gasteiger partial charge on any atom is -0.398 e. The van der Waals surface area contributed by atoms with Crippen LogP contribution in [0.5, 0.6) is 0 Å². The smallest absolute Gasteiger partial charge is 0.253 e. The summed E-state index contributed by atoms with van der Waals surface area (Å²) < 4.78 is 15.6. The summed E-state index contributed by atoms with van der Waals surface area (Å²) >= 11 is 0. The molecule has 5 rings (SSSR count). The van der Waals surface area contributed by atoms with E-state index in [1.165, 1.54) is 12.1 Å². The molecular weight excluding hydrogens is 455 g/mol. The molecule has 2 aromatic carbocycles. The largest absolute Gasteiger partial charge is 0.398 e. The Bertz CT molecular complexity index is 1330. The van der Waals surface area contributed by atoms with Crippen LogP contribution < -0.4 is 11.1 Å². The van der Waals surface area contributed by atoms with Crippen molar-refractivity contribution >= 4 is 22.6 Å². The Balaban J connectivity index is 1.16. The first-order valence-electron chi connectivity index (χ1n) is 12.5. The third-order valence-corrected chi connectivity index (χ3v) is 6.98. The number of benzene rings is 2. The Morgan fingerprint density at radius 3 is 2.64 bits per heavy atom. The SMILES string of the molecule is Nc1ccccc1C(=O)NCCN1CCC(Cc2nc3ccncc3n2Cc2ccc(F)cc2)CC1. The zero-order chi connectivity index (χ0) is 24.9. The van der Waals surface area contributed by atoms with Gasteiger partial charge in [-0.3, -0.25) is 9.78 Å². The lowest BCUT2D eigenvalue weighted by atomic mass is 9.93. The number of imidazole rings is 1. The van der Waals surface area contributed by atoms with Gasteiger partial charge in [-0.1, -0.05) is 24.3 Å². The Morgan fingerprint density at radius 1 is 1.08 bits per heavy atom. The standard InChI is InChI=1S/C28H31FN6O/c29-22-7-5-21(6-8-22)19-35-26-18-31-12-9-25(26)33-27(35)17-20-10-14-34(15-11-20)16-13-32-28(36)23-3-1-2-4-24(23)30/h1-9,12,18,20H,10-11,13-17,19,30H2,(H,32,36). The number of pyridine rings is 1. The normalized spacial score (nSPS) is 14.8. The van der Waals surface area contributed by atoms with Gasteiger partial charge in [0.05, 0.1) is 22.8 Å². The number of rotatable bonds is 8. The van der Waals surface area contributed by atoms with Crippen LogP contribution in [0.3, 0.4) is 0 Å². The van der Waals surface area contributed by atoms with Crippen LogP contribution in [0.2, 0.25) is 0 Å². The van der Waals surface area contributed by atoms with Gasteiger partial charge in [0.2, 0.25) is 0 Å². The Morgan fingerprint density at radius 2 is 1.86 bits per heavy atom. The predicted octanol–water partition coefficient (Wildman–Crippen LogP) is 3.89. The molecule has 7 nitrogen and oxygen atoms in total. The van der Waals surface area contributed by atoms with E-state index in [9.17, 15) is 9.18 Å². The summed E-state index contributed by atoms with van der Waals surface area (Å²) in [5.41, 5.74) is 9.90. The van der Waals surface area contributed by atoms with Gasteiger partial charge in [-0.05, 0) is 67.7 Å². The van der Waals surface area contributed by atoms with Crippen LogP contribution >= 0.6 is 0 Å². The van der Waals surface area contributed by atoms with Gasteiger partial charge in [0.25, 0.3) is 5.91 Å². The molecule has 1 aliphatic rings. The molecular formula is C28H31FN6O. The average molecular weight is 487 g/mol. The number of fused-ring (bicyclic) bond motifs is 1. The van der Waals surface area contributed by atoms with Gasteiger partial charge in [-0.15, -0.1) is 0 Å². The zero-order valence-electron chi connectivity index (χ0n) is 20.2. The molecule has 1 aliphatic heterocycles. The molecule has 36 heavy (non-hydrogen) atoms. The van der Waals surface area contributed by atoms with Gasteiger partial charge < -0.3 is 20.5 Å². The second kappa shape index (κ2) is 10.9. The molecule has 2 aromatic heterocycles. The van der Waals surface area contributed by atoms with E-state index in [-0.39, 0.29) is 11.7 Å². The number of aromatic nitrogens is 3. The van der Waals surface area contributed by atoms with Crippen molar-refractivity contribution in [1.82, 2.24) is 24.8 Å². The van der Waals surface area contributed by atoms with Crippen molar-refractivity contribution in [2.45, 2.75) is 25.8 Å².